The van der Waals surface area contributed by atoms with E-state index in [2.05, 4.69) is 8.37 Å². The third kappa shape index (κ3) is 1.77. The Morgan fingerprint density at radius 3 is 2.00 bits per heavy atom. The van der Waals surface area contributed by atoms with Gasteiger partial charge in [-0.05, 0) is 0 Å². The molecule has 0 aromatic rings. The van der Waals surface area contributed by atoms with E-state index < -0.39 is 11.9 Å². The predicted molar refractivity (Wildman–Crippen MR) is 28.9 cm³/mol. The van der Waals surface area contributed by atoms with Crippen LogP contribution in [0.3, 0.4) is 0 Å². The van der Waals surface area contributed by atoms with Gasteiger partial charge in [0.15, 0.2) is 0 Å². The molecule has 0 spiro atoms. The van der Waals surface area contributed by atoms with Crippen LogP contribution in [0.5, 0.6) is 0 Å². The molecular formula is C4H2O4S. The molecule has 0 saturated carbocycles. The fourth-order valence-electron chi connectivity index (χ4n) is 0.276. The first-order valence-electron chi connectivity index (χ1n) is 2.06. The monoisotopic (exact) mass is 146 g/mol. The zero-order valence-corrected chi connectivity index (χ0v) is 5.01. The average Bonchev–Trinajstić information content (AvgIpc) is 1.97. The highest BCUT2D eigenvalue weighted by atomic mass is 32.2. The second-order valence-electron chi connectivity index (χ2n) is 1.21. The van der Waals surface area contributed by atoms with Crippen molar-refractivity contribution < 1.29 is 18.0 Å². The first-order chi connectivity index (χ1) is 4.29. The predicted octanol–water partition coefficient (Wildman–Crippen LogP) is 0.206. The minimum atomic E-state index is -0.592. The molecule has 0 N–H and O–H groups in total. The van der Waals surface area contributed by atoms with Gasteiger partial charge in [0.1, 0.15) is 0 Å². The normalized spacial score (nSPS) is 18.2. The topological polar surface area (TPSA) is 52.6 Å². The smallest absolute Gasteiger partial charge is 0.345 e. The summed E-state index contributed by atoms with van der Waals surface area (Å²) < 4.78 is 8.44. The molecule has 0 aromatic heterocycles. The molecule has 0 amide bonds. The maximum atomic E-state index is 10.3. The first-order valence-corrected chi connectivity index (χ1v) is 2.73. The van der Waals surface area contributed by atoms with E-state index in [9.17, 15) is 9.59 Å². The van der Waals surface area contributed by atoms with E-state index in [4.69, 9.17) is 0 Å². The van der Waals surface area contributed by atoms with Crippen molar-refractivity contribution >= 4 is 24.3 Å². The molecule has 0 atom stereocenters. The summed E-state index contributed by atoms with van der Waals surface area (Å²) in [5.74, 6) is -1.18. The minimum absolute atomic E-state index is 0.370. The zero-order valence-electron chi connectivity index (χ0n) is 4.20. The van der Waals surface area contributed by atoms with Gasteiger partial charge in [-0.2, -0.15) is 0 Å². The Kier molecular flexibility index (Phi) is 1.74. The van der Waals surface area contributed by atoms with Crippen LogP contribution < -0.4 is 0 Å². The Bertz CT molecular complexity index is 155. The number of carbonyl (C=O) groups is 2. The molecule has 0 unspecified atom stereocenters. The molecule has 1 heterocycles. The molecule has 48 valence electrons. The van der Waals surface area contributed by atoms with Crippen LogP contribution in [0.2, 0.25) is 0 Å². The zero-order chi connectivity index (χ0) is 6.69. The van der Waals surface area contributed by atoms with Gasteiger partial charge in [0, 0.05) is 12.2 Å². The van der Waals surface area contributed by atoms with Crippen LogP contribution in [0.1, 0.15) is 0 Å². The number of rotatable bonds is 0. The highest BCUT2D eigenvalue weighted by Gasteiger charge is 2.08. The standard InChI is InChI=1S/C4H2O4S/c5-3-1-2-4(6)8-9-7-3/h1-2H. The highest BCUT2D eigenvalue weighted by molar-refractivity contribution is 7.90. The van der Waals surface area contributed by atoms with Crippen LogP contribution in [0.4, 0.5) is 0 Å². The van der Waals surface area contributed by atoms with Crippen LogP contribution in [-0.4, -0.2) is 11.9 Å². The molecule has 9 heavy (non-hydrogen) atoms. The molecule has 1 aliphatic heterocycles. The molecule has 0 bridgehead atoms. The fourth-order valence-corrected chi connectivity index (χ4v) is 0.555. The van der Waals surface area contributed by atoms with Gasteiger partial charge in [0.05, 0.1) is 0 Å². The summed E-state index contributed by atoms with van der Waals surface area (Å²) in [6.45, 7) is 0. The van der Waals surface area contributed by atoms with Crippen molar-refractivity contribution in [2.75, 3.05) is 0 Å². The summed E-state index contributed by atoms with van der Waals surface area (Å²) in [4.78, 5) is 20.5. The number of hydrogen-bond donors (Lipinski definition) is 0. The Labute approximate surface area is 55.2 Å². The fraction of sp³-hybridized carbons (Fsp3) is 0. The summed E-state index contributed by atoms with van der Waals surface area (Å²) >= 11 is 0.370. The van der Waals surface area contributed by atoms with Crippen molar-refractivity contribution in [3.05, 3.63) is 12.2 Å². The summed E-state index contributed by atoms with van der Waals surface area (Å²) in [5, 5.41) is 0. The van der Waals surface area contributed by atoms with E-state index in [1.165, 1.54) is 0 Å². The van der Waals surface area contributed by atoms with Gasteiger partial charge in [-0.25, -0.2) is 9.59 Å². The lowest BCUT2D eigenvalue weighted by Gasteiger charge is -1.90. The Balaban J connectivity index is 2.63. The molecule has 0 saturated heterocycles. The SMILES string of the molecule is O=C1C=CC(=O)OSO1. The average molecular weight is 146 g/mol. The van der Waals surface area contributed by atoms with Gasteiger partial charge >= 0.3 is 11.9 Å². The van der Waals surface area contributed by atoms with Gasteiger partial charge in [0.2, 0.25) is 0 Å². The van der Waals surface area contributed by atoms with Crippen molar-refractivity contribution in [3.63, 3.8) is 0 Å². The molecule has 1 aliphatic rings. The van der Waals surface area contributed by atoms with E-state index in [0.717, 1.165) is 12.2 Å². The Morgan fingerprint density at radius 1 is 1.11 bits per heavy atom. The summed E-state index contributed by atoms with van der Waals surface area (Å²) in [5.41, 5.74) is 0. The molecule has 1 rings (SSSR count). The van der Waals surface area contributed by atoms with E-state index in [1.807, 2.05) is 0 Å². The van der Waals surface area contributed by atoms with Gasteiger partial charge in [0.25, 0.3) is 12.3 Å². The lowest BCUT2D eigenvalue weighted by Crippen LogP contribution is -1.89. The van der Waals surface area contributed by atoms with Gasteiger partial charge in [-0.1, -0.05) is 0 Å². The molecule has 0 aromatic carbocycles. The van der Waals surface area contributed by atoms with Crippen LogP contribution >= 0.6 is 12.3 Å². The van der Waals surface area contributed by atoms with Crippen LogP contribution in [-0.2, 0) is 18.0 Å². The van der Waals surface area contributed by atoms with Crippen LogP contribution in [0.15, 0.2) is 12.2 Å². The quantitative estimate of drug-likeness (QED) is 0.457. The van der Waals surface area contributed by atoms with Crippen molar-refractivity contribution in [1.82, 2.24) is 0 Å². The molecule has 0 fully saturated rings. The third-order valence-electron chi connectivity index (χ3n) is 0.588. The summed E-state index contributed by atoms with van der Waals surface area (Å²) in [6.07, 6.45) is 2.00. The summed E-state index contributed by atoms with van der Waals surface area (Å²) in [7, 11) is 0. The molecule has 0 radical (unpaired) electrons. The largest absolute Gasteiger partial charge is 0.351 e. The molecular weight excluding hydrogens is 144 g/mol. The Morgan fingerprint density at radius 2 is 1.56 bits per heavy atom. The van der Waals surface area contributed by atoms with E-state index in [-0.39, 0.29) is 0 Å². The second kappa shape index (κ2) is 2.54. The number of carbonyl (C=O) groups excluding carboxylic acids is 2. The van der Waals surface area contributed by atoms with E-state index >= 15 is 0 Å². The van der Waals surface area contributed by atoms with Gasteiger partial charge < -0.3 is 8.37 Å². The van der Waals surface area contributed by atoms with E-state index in [1.54, 1.807) is 0 Å². The van der Waals surface area contributed by atoms with Crippen molar-refractivity contribution in [3.8, 4) is 0 Å². The lowest BCUT2D eigenvalue weighted by molar-refractivity contribution is -0.128. The maximum Gasteiger partial charge on any atom is 0.345 e. The highest BCUT2D eigenvalue weighted by Crippen LogP contribution is 2.09. The second-order valence-corrected chi connectivity index (χ2v) is 1.68. The molecule has 4 nitrogen and oxygen atoms in total. The van der Waals surface area contributed by atoms with Gasteiger partial charge in [-0.3, -0.25) is 0 Å². The Hall–Kier alpha value is -0.970. The van der Waals surface area contributed by atoms with Crippen LogP contribution in [0.25, 0.3) is 0 Å². The van der Waals surface area contributed by atoms with Crippen molar-refractivity contribution in [1.29, 1.82) is 0 Å². The minimum Gasteiger partial charge on any atom is -0.351 e. The lowest BCUT2D eigenvalue weighted by atomic mass is 10.5. The first kappa shape index (κ1) is 6.15. The van der Waals surface area contributed by atoms with Gasteiger partial charge in [-0.15, -0.1) is 0 Å². The summed E-state index contributed by atoms with van der Waals surface area (Å²) in [6, 6.07) is 0. The molecule has 5 heteroatoms. The molecule has 0 aliphatic carbocycles. The van der Waals surface area contributed by atoms with E-state index in [0.29, 0.717) is 12.3 Å². The maximum absolute atomic E-state index is 10.3. The van der Waals surface area contributed by atoms with Crippen LogP contribution in [0, 0.1) is 0 Å². The third-order valence-corrected chi connectivity index (χ3v) is 1.05. The van der Waals surface area contributed by atoms with Crippen molar-refractivity contribution in [2.24, 2.45) is 0 Å². The number of hydrogen-bond acceptors (Lipinski definition) is 5. The van der Waals surface area contributed by atoms with Crippen molar-refractivity contribution in [2.45, 2.75) is 0 Å².